The number of halogens is 1. The molecule has 1 aromatic heterocycles. The summed E-state index contributed by atoms with van der Waals surface area (Å²) in [6.45, 7) is 5.44. The average Bonchev–Trinajstić information content (AvgIpc) is 2.63. The van der Waals surface area contributed by atoms with Crippen molar-refractivity contribution in [3.63, 3.8) is 0 Å². The van der Waals surface area contributed by atoms with Crippen LogP contribution in [0.5, 0.6) is 5.75 Å². The molecule has 152 valence electrons. The molecule has 0 saturated heterocycles. The monoisotopic (exact) mass is 430 g/mol. The average molecular weight is 431 g/mol. The van der Waals surface area contributed by atoms with Gasteiger partial charge in [-0.2, -0.15) is 0 Å². The minimum absolute atomic E-state index is 0.378. The molecule has 0 unspecified atom stereocenters. The number of aryl methyl sites for hydroxylation is 1. The summed E-state index contributed by atoms with van der Waals surface area (Å²) in [6.07, 6.45) is 1.98. The van der Waals surface area contributed by atoms with E-state index in [-0.39, 0.29) is 0 Å². The smallest absolute Gasteiger partial charge is 0.153 e. The summed E-state index contributed by atoms with van der Waals surface area (Å²) in [7, 11) is -0.899. The molecule has 0 aliphatic rings. The maximum absolute atomic E-state index is 12.8. The van der Waals surface area contributed by atoms with Crippen LogP contribution in [0.25, 0.3) is 0 Å². The first-order valence-corrected chi connectivity index (χ1v) is 12.0. The van der Waals surface area contributed by atoms with Crippen LogP contribution in [0.1, 0.15) is 17.0 Å². The summed E-state index contributed by atoms with van der Waals surface area (Å²) in [5, 5.41) is 4.41. The molecule has 6 nitrogen and oxygen atoms in total. The zero-order chi connectivity index (χ0) is 21.2. The van der Waals surface area contributed by atoms with Crippen molar-refractivity contribution in [2.45, 2.75) is 13.3 Å². The van der Waals surface area contributed by atoms with Crippen LogP contribution in [-0.4, -0.2) is 30.4 Å². The lowest BCUT2D eigenvalue weighted by Gasteiger charge is -2.18. The number of hydrogen-bond acceptors (Lipinski definition) is 6. The molecule has 0 fully saturated rings. The van der Waals surface area contributed by atoms with Crippen LogP contribution in [0.4, 0.5) is 17.2 Å². The fraction of sp³-hybridized carbons (Fsp3) is 0.238. The minimum atomic E-state index is -2.51. The lowest BCUT2D eigenvalue weighted by Crippen LogP contribution is -2.14. The second-order valence-electron chi connectivity index (χ2n) is 7.18. The Morgan fingerprint density at radius 2 is 2.00 bits per heavy atom. The number of anilines is 3. The molecule has 0 aliphatic carbocycles. The third-order valence-electron chi connectivity index (χ3n) is 4.48. The van der Waals surface area contributed by atoms with Crippen molar-refractivity contribution in [2.24, 2.45) is 0 Å². The quantitative estimate of drug-likeness (QED) is 0.438. The summed E-state index contributed by atoms with van der Waals surface area (Å²) < 4.78 is 18.2. The van der Waals surface area contributed by atoms with Gasteiger partial charge < -0.3 is 20.4 Å². The number of nitrogens with two attached hydrogens (primary N) is 1. The van der Waals surface area contributed by atoms with E-state index in [1.807, 2.05) is 37.3 Å². The summed E-state index contributed by atoms with van der Waals surface area (Å²) in [5.41, 5.74) is 9.11. The Hall–Kier alpha value is -2.56. The third-order valence-corrected chi connectivity index (χ3v) is 6.42. The molecule has 8 heteroatoms. The van der Waals surface area contributed by atoms with Gasteiger partial charge in [0.15, 0.2) is 5.82 Å². The number of rotatable bonds is 6. The van der Waals surface area contributed by atoms with Crippen LogP contribution >= 0.6 is 18.7 Å². The van der Waals surface area contributed by atoms with E-state index in [0.717, 1.165) is 22.1 Å². The van der Waals surface area contributed by atoms with Gasteiger partial charge in [0.2, 0.25) is 0 Å². The highest BCUT2D eigenvalue weighted by Gasteiger charge is 2.20. The Balaban J connectivity index is 1.97. The lowest BCUT2D eigenvalue weighted by atomic mass is 10.1. The Morgan fingerprint density at radius 1 is 1.24 bits per heavy atom. The van der Waals surface area contributed by atoms with E-state index in [1.165, 1.54) is 0 Å². The Labute approximate surface area is 175 Å². The normalized spacial score (nSPS) is 11.3. The van der Waals surface area contributed by atoms with E-state index in [4.69, 9.17) is 22.1 Å². The molecule has 0 spiro atoms. The topological polar surface area (TPSA) is 90.1 Å². The fourth-order valence-electron chi connectivity index (χ4n) is 3.29. The van der Waals surface area contributed by atoms with Crippen molar-refractivity contribution in [2.75, 3.05) is 31.5 Å². The summed E-state index contributed by atoms with van der Waals surface area (Å²) in [6, 6.07) is 11.2. The fourth-order valence-corrected chi connectivity index (χ4v) is 5.06. The Kier molecular flexibility index (Phi) is 6.15. The van der Waals surface area contributed by atoms with Crippen molar-refractivity contribution in [1.29, 1.82) is 0 Å². The number of benzene rings is 2. The largest absolute Gasteiger partial charge is 0.496 e. The van der Waals surface area contributed by atoms with Crippen molar-refractivity contribution >= 4 is 41.2 Å². The predicted molar refractivity (Wildman–Crippen MR) is 121 cm³/mol. The minimum Gasteiger partial charge on any atom is -0.496 e. The number of nitrogen functional groups attached to an aromatic ring is 1. The number of aromatic nitrogens is 2. The first-order chi connectivity index (χ1) is 13.7. The molecule has 0 amide bonds. The number of ether oxygens (including phenoxy) is 1. The lowest BCUT2D eigenvalue weighted by molar-refractivity contribution is 0.410. The highest BCUT2D eigenvalue weighted by Crippen LogP contribution is 2.40. The zero-order valence-electron chi connectivity index (χ0n) is 16.9. The van der Waals surface area contributed by atoms with Crippen molar-refractivity contribution in [3.05, 3.63) is 64.6 Å². The molecule has 1 heterocycles. The zero-order valence-corrected chi connectivity index (χ0v) is 18.5. The molecular formula is C21H24ClN4O2P. The molecule has 3 N–H and O–H groups in total. The Bertz CT molecular complexity index is 1100. The standard InChI is InChI=1S/C21H24ClN4O2P/c1-13-6-5-7-17(20(13)29(3,4)27)25-21-16(22)12-24-19(26-21)11-14-10-15(23)8-9-18(14)28-2/h5-10,12H,11,23H2,1-4H3,(H,24,25,26). The number of methoxy groups -OCH3 is 1. The molecule has 29 heavy (non-hydrogen) atoms. The molecule has 0 saturated carbocycles. The van der Waals surface area contributed by atoms with Gasteiger partial charge in [-0.3, -0.25) is 0 Å². The van der Waals surface area contributed by atoms with E-state index >= 15 is 0 Å². The number of hydrogen-bond donors (Lipinski definition) is 2. The Morgan fingerprint density at radius 3 is 2.69 bits per heavy atom. The van der Waals surface area contributed by atoms with Gasteiger partial charge in [0, 0.05) is 23.0 Å². The van der Waals surface area contributed by atoms with Gasteiger partial charge >= 0.3 is 0 Å². The molecule has 0 bridgehead atoms. The molecule has 3 rings (SSSR count). The van der Waals surface area contributed by atoms with Gasteiger partial charge in [-0.1, -0.05) is 23.7 Å². The maximum Gasteiger partial charge on any atom is 0.153 e. The van der Waals surface area contributed by atoms with Gasteiger partial charge in [-0.05, 0) is 50.1 Å². The van der Waals surface area contributed by atoms with Crippen LogP contribution < -0.4 is 21.1 Å². The molecule has 0 aliphatic heterocycles. The SMILES string of the molecule is COc1ccc(N)cc1Cc1ncc(Cl)c(Nc2cccc(C)c2P(C)(C)=O)n1. The maximum atomic E-state index is 12.8. The molecule has 0 radical (unpaired) electrons. The van der Waals surface area contributed by atoms with E-state index in [9.17, 15) is 4.57 Å². The van der Waals surface area contributed by atoms with Crippen LogP contribution in [0.2, 0.25) is 5.02 Å². The highest BCUT2D eigenvalue weighted by atomic mass is 35.5. The van der Waals surface area contributed by atoms with Gasteiger partial charge in [-0.15, -0.1) is 0 Å². The van der Waals surface area contributed by atoms with Crippen LogP contribution in [0.15, 0.2) is 42.6 Å². The van der Waals surface area contributed by atoms with Crippen LogP contribution in [0, 0.1) is 6.92 Å². The van der Waals surface area contributed by atoms with Gasteiger partial charge in [0.05, 0.1) is 19.0 Å². The van der Waals surface area contributed by atoms with Crippen LogP contribution in [0.3, 0.4) is 0 Å². The van der Waals surface area contributed by atoms with Crippen molar-refractivity contribution < 1.29 is 9.30 Å². The molecule has 2 aromatic carbocycles. The van der Waals surface area contributed by atoms with Gasteiger partial charge in [0.1, 0.15) is 23.7 Å². The van der Waals surface area contributed by atoms with Gasteiger partial charge in [0.25, 0.3) is 0 Å². The molecule has 3 aromatic rings. The van der Waals surface area contributed by atoms with E-state index in [0.29, 0.717) is 34.5 Å². The van der Waals surface area contributed by atoms with Crippen molar-refractivity contribution in [1.82, 2.24) is 9.97 Å². The van der Waals surface area contributed by atoms with E-state index < -0.39 is 7.14 Å². The van der Waals surface area contributed by atoms with Crippen LogP contribution in [-0.2, 0) is 11.0 Å². The van der Waals surface area contributed by atoms with Gasteiger partial charge in [-0.25, -0.2) is 9.97 Å². The summed E-state index contributed by atoms with van der Waals surface area (Å²) in [4.78, 5) is 8.92. The summed E-state index contributed by atoms with van der Waals surface area (Å²) >= 11 is 6.34. The summed E-state index contributed by atoms with van der Waals surface area (Å²) in [5.74, 6) is 1.73. The number of nitrogens with zero attached hydrogens (tertiary/aromatic N) is 2. The van der Waals surface area contributed by atoms with Crippen molar-refractivity contribution in [3.8, 4) is 5.75 Å². The second kappa shape index (κ2) is 8.44. The van der Waals surface area contributed by atoms with E-state index in [1.54, 1.807) is 32.7 Å². The molecule has 0 atom stereocenters. The third kappa shape index (κ3) is 4.89. The second-order valence-corrected chi connectivity index (χ2v) is 10.7. The first-order valence-electron chi connectivity index (χ1n) is 9.05. The molecular weight excluding hydrogens is 407 g/mol. The van der Waals surface area contributed by atoms with E-state index in [2.05, 4.69) is 15.3 Å². The number of nitrogens with one attached hydrogen (secondary N) is 1. The predicted octanol–water partition coefficient (Wildman–Crippen LogP) is 4.61. The highest BCUT2D eigenvalue weighted by molar-refractivity contribution is 7.70. The first kappa shape index (κ1) is 21.2.